The van der Waals surface area contributed by atoms with Gasteiger partial charge in [-0.1, -0.05) is 13.0 Å². The third-order valence-corrected chi connectivity index (χ3v) is 5.14. The molecule has 1 unspecified atom stereocenters. The zero-order valence-electron chi connectivity index (χ0n) is 16.8. The number of benzene rings is 1. The summed E-state index contributed by atoms with van der Waals surface area (Å²) in [6.07, 6.45) is 2.96. The number of aromatic nitrogens is 1. The Bertz CT molecular complexity index is 745. The molecular weight excluding hydrogens is 360 g/mol. The zero-order chi connectivity index (χ0) is 19.6. The Hall–Kier alpha value is -2.28. The quantitative estimate of drug-likeness (QED) is 0.502. The third kappa shape index (κ3) is 6.13. The van der Waals surface area contributed by atoms with Gasteiger partial charge in [0.1, 0.15) is 5.01 Å². The number of aryl methyl sites for hydroxylation is 1. The molecule has 148 valence electrons. The van der Waals surface area contributed by atoms with Crippen molar-refractivity contribution in [3.8, 4) is 11.5 Å². The van der Waals surface area contributed by atoms with Crippen LogP contribution in [0.15, 0.2) is 29.4 Å². The van der Waals surface area contributed by atoms with Crippen molar-refractivity contribution in [1.29, 1.82) is 0 Å². The monoisotopic (exact) mass is 390 g/mol. The molecule has 0 aliphatic heterocycles. The van der Waals surface area contributed by atoms with Gasteiger partial charge in [-0.3, -0.25) is 4.99 Å². The maximum Gasteiger partial charge on any atom is 0.191 e. The van der Waals surface area contributed by atoms with E-state index in [0.29, 0.717) is 19.8 Å². The number of ether oxygens (including phenoxy) is 2. The molecule has 27 heavy (non-hydrogen) atoms. The number of thiazole rings is 1. The first-order chi connectivity index (χ1) is 13.1. The van der Waals surface area contributed by atoms with Crippen molar-refractivity contribution < 1.29 is 9.47 Å². The van der Waals surface area contributed by atoms with Crippen LogP contribution < -0.4 is 20.1 Å². The number of guanidine groups is 1. The molecule has 1 aromatic heterocycles. The van der Waals surface area contributed by atoms with Crippen LogP contribution in [-0.4, -0.2) is 31.2 Å². The van der Waals surface area contributed by atoms with Gasteiger partial charge in [-0.25, -0.2) is 4.98 Å². The lowest BCUT2D eigenvalue weighted by molar-refractivity contribution is 0.287. The van der Waals surface area contributed by atoms with Crippen LogP contribution in [0.5, 0.6) is 11.5 Å². The Morgan fingerprint density at radius 3 is 2.56 bits per heavy atom. The second-order valence-electron chi connectivity index (χ2n) is 5.94. The Labute approximate surface area is 166 Å². The van der Waals surface area contributed by atoms with Crippen LogP contribution in [0.25, 0.3) is 0 Å². The predicted molar refractivity (Wildman–Crippen MR) is 112 cm³/mol. The van der Waals surface area contributed by atoms with Gasteiger partial charge in [-0.05, 0) is 44.9 Å². The van der Waals surface area contributed by atoms with Gasteiger partial charge in [-0.2, -0.15) is 0 Å². The van der Waals surface area contributed by atoms with Crippen LogP contribution in [0.1, 0.15) is 49.2 Å². The summed E-state index contributed by atoms with van der Waals surface area (Å²) in [7, 11) is 1.77. The van der Waals surface area contributed by atoms with Gasteiger partial charge in [0.2, 0.25) is 0 Å². The van der Waals surface area contributed by atoms with Crippen molar-refractivity contribution >= 4 is 17.3 Å². The number of aliphatic imine (C=N–C) groups is 1. The lowest BCUT2D eigenvalue weighted by atomic mass is 10.1. The average molecular weight is 391 g/mol. The normalized spacial score (nSPS) is 12.6. The molecule has 2 aromatic rings. The number of rotatable bonds is 9. The second kappa shape index (κ2) is 10.8. The molecule has 7 heteroatoms. The summed E-state index contributed by atoms with van der Waals surface area (Å²) in [6, 6.07) is 6.09. The van der Waals surface area contributed by atoms with Gasteiger partial charge >= 0.3 is 0 Å². The predicted octanol–water partition coefficient (Wildman–Crippen LogP) is 3.93. The fourth-order valence-corrected chi connectivity index (χ4v) is 3.37. The smallest absolute Gasteiger partial charge is 0.191 e. The van der Waals surface area contributed by atoms with E-state index in [1.54, 1.807) is 18.4 Å². The highest BCUT2D eigenvalue weighted by molar-refractivity contribution is 7.11. The SMILES string of the molecule is CCOc1ccc(C(C)NC(=NC)NCc2ncc(CC)s2)cc1OCC. The largest absolute Gasteiger partial charge is 0.490 e. The van der Waals surface area contributed by atoms with Crippen molar-refractivity contribution in [2.75, 3.05) is 20.3 Å². The molecule has 0 aliphatic carbocycles. The van der Waals surface area contributed by atoms with Crippen molar-refractivity contribution in [3.05, 3.63) is 39.8 Å². The van der Waals surface area contributed by atoms with Gasteiger partial charge in [-0.15, -0.1) is 11.3 Å². The molecule has 0 radical (unpaired) electrons. The maximum absolute atomic E-state index is 5.72. The summed E-state index contributed by atoms with van der Waals surface area (Å²) >= 11 is 1.73. The second-order valence-corrected chi connectivity index (χ2v) is 7.14. The van der Waals surface area contributed by atoms with E-state index >= 15 is 0 Å². The minimum atomic E-state index is 0.0635. The molecule has 6 nitrogen and oxygen atoms in total. The molecule has 0 saturated carbocycles. The lowest BCUT2D eigenvalue weighted by Gasteiger charge is -2.19. The molecule has 1 heterocycles. The molecule has 0 fully saturated rings. The third-order valence-electron chi connectivity index (χ3n) is 4.00. The summed E-state index contributed by atoms with van der Waals surface area (Å²) in [5, 5.41) is 7.80. The highest BCUT2D eigenvalue weighted by Crippen LogP contribution is 2.30. The van der Waals surface area contributed by atoms with E-state index in [-0.39, 0.29) is 6.04 Å². The molecule has 0 amide bonds. The Morgan fingerprint density at radius 2 is 1.93 bits per heavy atom. The van der Waals surface area contributed by atoms with Crippen molar-refractivity contribution in [2.24, 2.45) is 4.99 Å². The Balaban J connectivity index is 2.00. The topological polar surface area (TPSA) is 67.8 Å². The van der Waals surface area contributed by atoms with Crippen LogP contribution in [0, 0.1) is 0 Å². The van der Waals surface area contributed by atoms with Gasteiger partial charge in [0.05, 0.1) is 25.8 Å². The van der Waals surface area contributed by atoms with Gasteiger partial charge in [0, 0.05) is 18.1 Å². The number of nitrogens with zero attached hydrogens (tertiary/aromatic N) is 2. The van der Waals surface area contributed by atoms with Crippen LogP contribution in [0.4, 0.5) is 0 Å². The van der Waals surface area contributed by atoms with Crippen molar-refractivity contribution in [3.63, 3.8) is 0 Å². The molecule has 1 aromatic carbocycles. The van der Waals surface area contributed by atoms with Crippen LogP contribution in [-0.2, 0) is 13.0 Å². The minimum Gasteiger partial charge on any atom is -0.490 e. The highest BCUT2D eigenvalue weighted by atomic mass is 32.1. The molecule has 2 N–H and O–H groups in total. The van der Waals surface area contributed by atoms with Crippen LogP contribution in [0.3, 0.4) is 0 Å². The summed E-state index contributed by atoms with van der Waals surface area (Å²) in [5.74, 6) is 2.28. The summed E-state index contributed by atoms with van der Waals surface area (Å²) in [6.45, 7) is 10.0. The van der Waals surface area contributed by atoms with Crippen molar-refractivity contribution in [1.82, 2.24) is 15.6 Å². The number of hydrogen-bond acceptors (Lipinski definition) is 5. The van der Waals surface area contributed by atoms with E-state index in [0.717, 1.165) is 34.5 Å². The molecule has 0 bridgehead atoms. The highest BCUT2D eigenvalue weighted by Gasteiger charge is 2.13. The van der Waals surface area contributed by atoms with E-state index in [4.69, 9.17) is 9.47 Å². The summed E-state index contributed by atoms with van der Waals surface area (Å²) in [5.41, 5.74) is 1.10. The van der Waals surface area contributed by atoms with Crippen LogP contribution in [0.2, 0.25) is 0 Å². The fourth-order valence-electron chi connectivity index (χ4n) is 2.57. The van der Waals surface area contributed by atoms with Crippen molar-refractivity contribution in [2.45, 2.75) is 46.7 Å². The summed E-state index contributed by atoms with van der Waals surface area (Å²) < 4.78 is 11.4. The van der Waals surface area contributed by atoms with E-state index in [1.807, 2.05) is 38.2 Å². The standard InChI is InChI=1S/C20H30N4O2S/c1-6-16-12-22-19(27-16)13-23-20(21-5)24-14(4)15-9-10-17(25-7-2)18(11-15)26-8-3/h9-12,14H,6-8,13H2,1-5H3,(H2,21,23,24). The first-order valence-electron chi connectivity index (χ1n) is 9.41. The van der Waals surface area contributed by atoms with Gasteiger partial charge in [0.15, 0.2) is 17.5 Å². The van der Waals surface area contributed by atoms with E-state index < -0.39 is 0 Å². The maximum atomic E-state index is 5.72. The molecule has 0 saturated heterocycles. The molecule has 2 rings (SSSR count). The minimum absolute atomic E-state index is 0.0635. The first-order valence-corrected chi connectivity index (χ1v) is 10.2. The van der Waals surface area contributed by atoms with E-state index in [1.165, 1.54) is 4.88 Å². The molecular formula is C20H30N4O2S. The van der Waals surface area contributed by atoms with Gasteiger partial charge < -0.3 is 20.1 Å². The molecule has 1 atom stereocenters. The Morgan fingerprint density at radius 1 is 1.19 bits per heavy atom. The zero-order valence-corrected chi connectivity index (χ0v) is 17.7. The van der Waals surface area contributed by atoms with E-state index in [2.05, 4.69) is 34.5 Å². The lowest BCUT2D eigenvalue weighted by Crippen LogP contribution is -2.38. The average Bonchev–Trinajstić information content (AvgIpc) is 3.14. The fraction of sp³-hybridized carbons (Fsp3) is 0.500. The molecule has 0 aliphatic rings. The number of hydrogen-bond donors (Lipinski definition) is 2. The number of nitrogens with one attached hydrogen (secondary N) is 2. The van der Waals surface area contributed by atoms with E-state index in [9.17, 15) is 0 Å². The molecule has 0 spiro atoms. The van der Waals surface area contributed by atoms with Gasteiger partial charge in [0.25, 0.3) is 0 Å². The Kier molecular flexibility index (Phi) is 8.39. The van der Waals surface area contributed by atoms with Crippen LogP contribution >= 0.6 is 11.3 Å². The summed E-state index contributed by atoms with van der Waals surface area (Å²) in [4.78, 5) is 10.0. The first kappa shape index (κ1) is 21.0.